The third kappa shape index (κ3) is 6.83. The maximum absolute atomic E-state index is 5.97. The van der Waals surface area contributed by atoms with Crippen LogP contribution in [0.3, 0.4) is 0 Å². The largest absolute Gasteiger partial charge is 0.330 e. The van der Waals surface area contributed by atoms with Gasteiger partial charge in [0, 0.05) is 22.3 Å². The van der Waals surface area contributed by atoms with Gasteiger partial charge in [-0.15, -0.1) is 0 Å². The van der Waals surface area contributed by atoms with E-state index in [4.69, 9.17) is 17.3 Å². The third-order valence-corrected chi connectivity index (χ3v) is 7.00. The Bertz CT molecular complexity index is 1160. The lowest BCUT2D eigenvalue weighted by atomic mass is 9.84. The Hall–Kier alpha value is -2.86. The molecule has 2 aromatic carbocycles. The van der Waals surface area contributed by atoms with E-state index in [0.29, 0.717) is 11.8 Å². The van der Waals surface area contributed by atoms with Crippen LogP contribution < -0.4 is 5.73 Å². The van der Waals surface area contributed by atoms with E-state index in [1.165, 1.54) is 30.4 Å². The fraction of sp³-hybridized carbons (Fsp3) is 0.323. The zero-order valence-corrected chi connectivity index (χ0v) is 20.9. The van der Waals surface area contributed by atoms with Crippen LogP contribution in [0.2, 0.25) is 5.02 Å². The Labute approximate surface area is 209 Å². The average molecular weight is 469 g/mol. The number of nitrogens with two attached hydrogens (primary N) is 1. The lowest BCUT2D eigenvalue weighted by Crippen LogP contribution is -2.16. The molecule has 0 spiro atoms. The number of hydrogen-bond donors (Lipinski definition) is 1. The molecule has 1 unspecified atom stereocenters. The molecule has 0 radical (unpaired) electrons. The van der Waals surface area contributed by atoms with Gasteiger partial charge in [0.25, 0.3) is 0 Å². The van der Waals surface area contributed by atoms with Crippen molar-refractivity contribution in [2.24, 2.45) is 23.5 Å². The second kappa shape index (κ2) is 11.5. The van der Waals surface area contributed by atoms with E-state index in [9.17, 15) is 0 Å². The van der Waals surface area contributed by atoms with Gasteiger partial charge in [-0.2, -0.15) is 0 Å². The highest BCUT2D eigenvalue weighted by molar-refractivity contribution is 6.30. The first kappa shape index (κ1) is 24.3. The first-order valence-electron chi connectivity index (χ1n) is 12.2. The Morgan fingerprint density at radius 2 is 1.74 bits per heavy atom. The average Bonchev–Trinajstić information content (AvgIpc) is 3.68. The van der Waals surface area contributed by atoms with Gasteiger partial charge < -0.3 is 5.73 Å². The number of rotatable bonds is 8. The van der Waals surface area contributed by atoms with Crippen molar-refractivity contribution in [3.63, 3.8) is 0 Å². The molecule has 0 amide bonds. The summed E-state index contributed by atoms with van der Waals surface area (Å²) in [6.07, 6.45) is 9.53. The topological polar surface area (TPSA) is 38.9 Å². The highest BCUT2D eigenvalue weighted by Gasteiger charge is 2.27. The van der Waals surface area contributed by atoms with Crippen LogP contribution in [0.1, 0.15) is 56.4 Å². The van der Waals surface area contributed by atoms with Crippen LogP contribution in [0.15, 0.2) is 72.9 Å². The van der Waals surface area contributed by atoms with Gasteiger partial charge in [-0.05, 0) is 97.0 Å². The molecule has 4 rings (SSSR count). The number of pyridine rings is 1. The molecule has 2 N–H and O–H groups in total. The number of nitrogens with zero attached hydrogens (tertiary/aromatic N) is 1. The van der Waals surface area contributed by atoms with E-state index >= 15 is 0 Å². The van der Waals surface area contributed by atoms with Crippen molar-refractivity contribution in [3.8, 4) is 23.0 Å². The summed E-state index contributed by atoms with van der Waals surface area (Å²) in [5.74, 6) is 8.59. The minimum Gasteiger partial charge on any atom is -0.330 e. The second-order valence-electron chi connectivity index (χ2n) is 9.49. The molecule has 1 fully saturated rings. The van der Waals surface area contributed by atoms with E-state index in [1.807, 2.05) is 42.6 Å². The van der Waals surface area contributed by atoms with Crippen LogP contribution >= 0.6 is 11.6 Å². The molecule has 1 aliphatic carbocycles. The second-order valence-corrected chi connectivity index (χ2v) is 9.93. The van der Waals surface area contributed by atoms with Crippen LogP contribution in [0.4, 0.5) is 0 Å². The molecule has 2 nitrogen and oxygen atoms in total. The fourth-order valence-corrected chi connectivity index (χ4v) is 4.58. The number of allylic oxidation sites excluding steroid dienone is 2. The Morgan fingerprint density at radius 3 is 2.35 bits per heavy atom. The van der Waals surface area contributed by atoms with Crippen LogP contribution in [0.25, 0.3) is 16.7 Å². The molecule has 34 heavy (non-hydrogen) atoms. The zero-order chi connectivity index (χ0) is 23.9. The Balaban J connectivity index is 1.39. The predicted molar refractivity (Wildman–Crippen MR) is 144 cm³/mol. The van der Waals surface area contributed by atoms with E-state index in [0.717, 1.165) is 46.3 Å². The summed E-state index contributed by atoms with van der Waals surface area (Å²) in [6.45, 7) is 5.33. The van der Waals surface area contributed by atoms with Crippen molar-refractivity contribution in [1.29, 1.82) is 0 Å². The fourth-order valence-electron chi connectivity index (χ4n) is 4.45. The first-order valence-corrected chi connectivity index (χ1v) is 12.6. The van der Waals surface area contributed by atoms with Gasteiger partial charge >= 0.3 is 0 Å². The van der Waals surface area contributed by atoms with Gasteiger partial charge in [0.1, 0.15) is 5.69 Å². The van der Waals surface area contributed by atoms with Crippen molar-refractivity contribution in [3.05, 3.63) is 94.8 Å². The van der Waals surface area contributed by atoms with Crippen molar-refractivity contribution in [2.75, 3.05) is 6.54 Å². The lowest BCUT2D eigenvalue weighted by Gasteiger charge is -2.22. The maximum atomic E-state index is 5.97. The van der Waals surface area contributed by atoms with Crippen LogP contribution in [-0.4, -0.2) is 11.5 Å². The number of hydrogen-bond acceptors (Lipinski definition) is 2. The standard InChI is InChI=1S/C31H33ClN2/c1-22(19-23(2)28(17-18-33)20-25-3-4-25)26-8-5-24(6-9-26)7-15-31-16-12-29(21-34-31)27-10-13-30(32)14-11-27/h5-6,8-14,16,19,21,23,25,28H,3-4,17-18,20,33H2,1-2H3/b22-19-/t23-,28?/m0/s1. The monoisotopic (exact) mass is 468 g/mol. The van der Waals surface area contributed by atoms with Gasteiger partial charge in [-0.1, -0.05) is 73.7 Å². The molecule has 174 valence electrons. The third-order valence-electron chi connectivity index (χ3n) is 6.74. The van der Waals surface area contributed by atoms with E-state index in [2.05, 4.69) is 61.0 Å². The van der Waals surface area contributed by atoms with Crippen molar-refractivity contribution < 1.29 is 0 Å². The summed E-state index contributed by atoms with van der Waals surface area (Å²) in [5, 5.41) is 0.731. The van der Waals surface area contributed by atoms with Crippen molar-refractivity contribution in [2.45, 2.75) is 39.5 Å². The Kier molecular flexibility index (Phi) is 8.22. The van der Waals surface area contributed by atoms with E-state index in [-0.39, 0.29) is 0 Å². The highest BCUT2D eigenvalue weighted by atomic mass is 35.5. The summed E-state index contributed by atoms with van der Waals surface area (Å²) < 4.78 is 0. The molecular formula is C31H33ClN2. The van der Waals surface area contributed by atoms with Crippen molar-refractivity contribution in [1.82, 2.24) is 4.98 Å². The lowest BCUT2D eigenvalue weighted by molar-refractivity contribution is 0.353. The highest BCUT2D eigenvalue weighted by Crippen LogP contribution is 2.39. The molecule has 3 heteroatoms. The van der Waals surface area contributed by atoms with Gasteiger partial charge in [-0.25, -0.2) is 4.98 Å². The summed E-state index contributed by atoms with van der Waals surface area (Å²) in [5.41, 5.74) is 12.3. The Morgan fingerprint density at radius 1 is 1.03 bits per heavy atom. The van der Waals surface area contributed by atoms with Gasteiger partial charge in [0.05, 0.1) is 0 Å². The van der Waals surface area contributed by atoms with Gasteiger partial charge in [0.15, 0.2) is 0 Å². The summed E-state index contributed by atoms with van der Waals surface area (Å²) in [4.78, 5) is 4.50. The molecule has 1 saturated carbocycles. The normalized spacial score (nSPS) is 15.4. The molecule has 0 bridgehead atoms. The molecule has 0 aliphatic heterocycles. The molecule has 0 saturated heterocycles. The van der Waals surface area contributed by atoms with E-state index in [1.54, 1.807) is 0 Å². The summed E-state index contributed by atoms with van der Waals surface area (Å²) in [7, 11) is 0. The van der Waals surface area contributed by atoms with Gasteiger partial charge in [-0.3, -0.25) is 0 Å². The molecular weight excluding hydrogens is 436 g/mol. The van der Waals surface area contributed by atoms with Crippen LogP contribution in [0.5, 0.6) is 0 Å². The minimum atomic E-state index is 0.547. The molecule has 1 aromatic heterocycles. The molecule has 2 atom stereocenters. The maximum Gasteiger partial charge on any atom is 0.113 e. The smallest absolute Gasteiger partial charge is 0.113 e. The van der Waals surface area contributed by atoms with Crippen LogP contribution in [-0.2, 0) is 0 Å². The van der Waals surface area contributed by atoms with E-state index < -0.39 is 0 Å². The molecule has 1 aliphatic rings. The predicted octanol–water partition coefficient (Wildman–Crippen LogP) is 7.61. The molecule has 3 aromatic rings. The zero-order valence-electron chi connectivity index (χ0n) is 20.1. The summed E-state index contributed by atoms with van der Waals surface area (Å²) in [6, 6.07) is 20.3. The molecule has 1 heterocycles. The SMILES string of the molecule is C/C(=C/[C@H](C)C(CCN)CC1CC1)c1ccc(C#Cc2ccc(-c3ccc(Cl)cc3)cn2)cc1. The number of aromatic nitrogens is 1. The minimum absolute atomic E-state index is 0.547. The number of halogens is 1. The summed E-state index contributed by atoms with van der Waals surface area (Å²) >= 11 is 5.97. The van der Waals surface area contributed by atoms with Crippen LogP contribution in [0, 0.1) is 29.6 Å². The van der Waals surface area contributed by atoms with Gasteiger partial charge in [0.2, 0.25) is 0 Å². The van der Waals surface area contributed by atoms with Crippen molar-refractivity contribution >= 4 is 17.2 Å². The first-order chi connectivity index (χ1) is 16.5. The quantitative estimate of drug-likeness (QED) is 0.345. The number of benzene rings is 2.